The van der Waals surface area contributed by atoms with E-state index >= 15 is 0 Å². The fourth-order valence-corrected chi connectivity index (χ4v) is 6.10. The van der Waals surface area contributed by atoms with Gasteiger partial charge >= 0.3 is 0 Å². The van der Waals surface area contributed by atoms with Crippen LogP contribution in [-0.2, 0) is 4.79 Å². The number of hydrogen-bond donors (Lipinski definition) is 0. The molecule has 29 heavy (non-hydrogen) atoms. The quantitative estimate of drug-likeness (QED) is 0.672. The predicted molar refractivity (Wildman–Crippen MR) is 117 cm³/mol. The number of likely N-dealkylation sites (tertiary alicyclic amines) is 1. The number of piperidine rings is 1. The third kappa shape index (κ3) is 4.42. The molecule has 0 aromatic carbocycles. The van der Waals surface area contributed by atoms with E-state index in [4.69, 9.17) is 0 Å². The molecule has 160 valence electrons. The fraction of sp³-hybridized carbons (Fsp3) is 0.800. The van der Waals surface area contributed by atoms with Gasteiger partial charge in [-0.2, -0.15) is 0 Å². The highest BCUT2D eigenvalue weighted by Gasteiger charge is 2.49. The predicted octanol–water partition coefficient (Wildman–Crippen LogP) is 5.34. The van der Waals surface area contributed by atoms with Crippen molar-refractivity contribution in [3.05, 3.63) is 23.8 Å². The van der Waals surface area contributed by atoms with Crippen molar-refractivity contribution in [3.63, 3.8) is 0 Å². The molecular weight excluding hydrogens is 358 g/mol. The second-order valence-corrected chi connectivity index (χ2v) is 10.7. The van der Waals surface area contributed by atoms with E-state index in [-0.39, 0.29) is 5.92 Å². The van der Waals surface area contributed by atoms with Crippen LogP contribution in [0.2, 0.25) is 0 Å². The first-order valence-corrected chi connectivity index (χ1v) is 12.0. The van der Waals surface area contributed by atoms with Crippen molar-refractivity contribution in [2.45, 2.75) is 96.9 Å². The number of hydrogen-bond acceptors (Lipinski definition) is 4. The van der Waals surface area contributed by atoms with Crippen molar-refractivity contribution in [3.8, 4) is 0 Å². The summed E-state index contributed by atoms with van der Waals surface area (Å²) < 4.78 is 0. The molecule has 2 saturated carbocycles. The summed E-state index contributed by atoms with van der Waals surface area (Å²) in [6.07, 6.45) is 14.3. The summed E-state index contributed by atoms with van der Waals surface area (Å²) in [6.45, 7) is 10.8. The average Bonchev–Trinajstić information content (AvgIpc) is 2.72. The second-order valence-electron chi connectivity index (χ2n) is 10.7. The number of aromatic nitrogens is 2. The van der Waals surface area contributed by atoms with Crippen LogP contribution in [0.3, 0.4) is 0 Å². The molecule has 2 aliphatic carbocycles. The summed E-state index contributed by atoms with van der Waals surface area (Å²) in [6, 6.07) is 0.765. The summed E-state index contributed by atoms with van der Waals surface area (Å²) in [5.74, 6) is 3.06. The van der Waals surface area contributed by atoms with Gasteiger partial charge < -0.3 is 4.90 Å². The third-order valence-electron chi connectivity index (χ3n) is 8.07. The number of carbonyl (C=O) groups is 1. The van der Waals surface area contributed by atoms with E-state index in [1.807, 2.05) is 0 Å². The van der Waals surface area contributed by atoms with Crippen molar-refractivity contribution in [1.29, 1.82) is 0 Å². The normalized spacial score (nSPS) is 31.4. The maximum absolute atomic E-state index is 12.2. The van der Waals surface area contributed by atoms with Gasteiger partial charge in [0.1, 0.15) is 11.6 Å². The zero-order chi connectivity index (χ0) is 20.6. The Morgan fingerprint density at radius 2 is 1.59 bits per heavy atom. The Kier molecular flexibility index (Phi) is 6.11. The smallest absolute Gasteiger partial charge is 0.138 e. The van der Waals surface area contributed by atoms with Gasteiger partial charge in [-0.05, 0) is 81.4 Å². The van der Waals surface area contributed by atoms with Gasteiger partial charge in [0.15, 0.2) is 0 Å². The minimum atomic E-state index is 0.210. The molecular formula is C25H39N3O. The van der Waals surface area contributed by atoms with Gasteiger partial charge in [0, 0.05) is 36.2 Å². The zero-order valence-corrected chi connectivity index (χ0v) is 18.9. The van der Waals surface area contributed by atoms with Gasteiger partial charge in [-0.15, -0.1) is 0 Å². The summed E-state index contributed by atoms with van der Waals surface area (Å²) >= 11 is 0. The topological polar surface area (TPSA) is 46.1 Å². The molecule has 1 aromatic rings. The molecule has 0 unspecified atom stereocenters. The van der Waals surface area contributed by atoms with Gasteiger partial charge in [0.25, 0.3) is 0 Å². The van der Waals surface area contributed by atoms with Crippen LogP contribution in [0, 0.1) is 17.3 Å². The van der Waals surface area contributed by atoms with Gasteiger partial charge in [0.2, 0.25) is 0 Å². The molecule has 4 rings (SSSR count). The Labute approximate surface area is 176 Å². The first kappa shape index (κ1) is 21.0. The van der Waals surface area contributed by atoms with Crippen LogP contribution >= 0.6 is 0 Å². The molecule has 0 amide bonds. The first-order chi connectivity index (χ1) is 13.9. The molecule has 1 aliphatic heterocycles. The maximum atomic E-state index is 12.2. The summed E-state index contributed by atoms with van der Waals surface area (Å²) in [7, 11) is 0. The molecule has 3 aliphatic rings. The lowest BCUT2D eigenvalue weighted by molar-refractivity contribution is -0.135. The minimum Gasteiger partial charge on any atom is -0.300 e. The fourth-order valence-electron chi connectivity index (χ4n) is 6.10. The number of nitrogens with zero attached hydrogens (tertiary/aromatic N) is 3. The molecule has 0 atom stereocenters. The second kappa shape index (κ2) is 8.45. The van der Waals surface area contributed by atoms with Crippen LogP contribution in [0.15, 0.2) is 12.4 Å². The first-order valence-electron chi connectivity index (χ1n) is 12.0. The number of ketones is 1. The van der Waals surface area contributed by atoms with E-state index in [1.165, 1.54) is 70.0 Å². The lowest BCUT2D eigenvalue weighted by Crippen LogP contribution is -2.49. The van der Waals surface area contributed by atoms with E-state index in [1.54, 1.807) is 0 Å². The van der Waals surface area contributed by atoms with Gasteiger partial charge in [-0.3, -0.25) is 4.79 Å². The zero-order valence-electron chi connectivity index (χ0n) is 18.9. The number of rotatable bonds is 5. The van der Waals surface area contributed by atoms with Gasteiger partial charge in [-0.25, -0.2) is 9.97 Å². The third-order valence-corrected chi connectivity index (χ3v) is 8.07. The van der Waals surface area contributed by atoms with E-state index in [9.17, 15) is 4.79 Å². The van der Waals surface area contributed by atoms with Crippen LogP contribution in [0.4, 0.5) is 0 Å². The Bertz CT molecular complexity index is 687. The van der Waals surface area contributed by atoms with E-state index < -0.39 is 0 Å². The Morgan fingerprint density at radius 1 is 1.00 bits per heavy atom. The molecule has 0 N–H and O–H groups in total. The van der Waals surface area contributed by atoms with Crippen LogP contribution in [0.25, 0.3) is 0 Å². The van der Waals surface area contributed by atoms with Crippen LogP contribution in [0.1, 0.15) is 102 Å². The van der Waals surface area contributed by atoms with Crippen LogP contribution in [0.5, 0.6) is 0 Å². The van der Waals surface area contributed by atoms with Crippen LogP contribution in [-0.4, -0.2) is 39.8 Å². The summed E-state index contributed by atoms with van der Waals surface area (Å²) in [5.41, 5.74) is 1.84. The molecule has 1 saturated heterocycles. The maximum Gasteiger partial charge on any atom is 0.138 e. The van der Waals surface area contributed by atoms with Crippen molar-refractivity contribution in [2.24, 2.45) is 17.3 Å². The minimum absolute atomic E-state index is 0.210. The molecule has 0 radical (unpaired) electrons. The van der Waals surface area contributed by atoms with E-state index in [2.05, 4.69) is 55.0 Å². The molecule has 1 aromatic heterocycles. The standard InChI is InChI=1S/C25H39N3O/c1-17(2)23(29)20-13-25(14-20)9-5-22(6-10-25)28-11-7-19(8-12-28)21-15-26-24(18(3)4)27-16-21/h15-20,22H,5-14H2,1-4H3. The highest BCUT2D eigenvalue weighted by atomic mass is 16.1. The molecule has 1 spiro atoms. The van der Waals surface area contributed by atoms with Crippen molar-refractivity contribution in [1.82, 2.24) is 14.9 Å². The Morgan fingerprint density at radius 3 is 2.10 bits per heavy atom. The molecule has 4 nitrogen and oxygen atoms in total. The van der Waals surface area contributed by atoms with E-state index in [0.29, 0.717) is 29.0 Å². The summed E-state index contributed by atoms with van der Waals surface area (Å²) in [4.78, 5) is 24.1. The molecule has 3 fully saturated rings. The summed E-state index contributed by atoms with van der Waals surface area (Å²) in [5, 5.41) is 0. The number of carbonyl (C=O) groups excluding carboxylic acids is 1. The van der Waals surface area contributed by atoms with Gasteiger partial charge in [0.05, 0.1) is 0 Å². The highest BCUT2D eigenvalue weighted by molar-refractivity contribution is 5.83. The van der Waals surface area contributed by atoms with Gasteiger partial charge in [-0.1, -0.05) is 27.7 Å². The van der Waals surface area contributed by atoms with Crippen molar-refractivity contribution >= 4 is 5.78 Å². The van der Waals surface area contributed by atoms with Crippen LogP contribution < -0.4 is 0 Å². The van der Waals surface area contributed by atoms with Crippen molar-refractivity contribution in [2.75, 3.05) is 13.1 Å². The number of Topliss-reactive ketones (excluding diaryl/α,β-unsaturated/α-hetero) is 1. The Hall–Kier alpha value is -1.29. The Balaban J connectivity index is 1.23. The SMILES string of the molecule is CC(C)C(=O)C1CC2(CCC(N3CCC(c4cnc(C(C)C)nc4)CC3)CC2)C1. The largest absolute Gasteiger partial charge is 0.300 e. The molecule has 0 bridgehead atoms. The highest BCUT2D eigenvalue weighted by Crippen LogP contribution is 2.56. The van der Waals surface area contributed by atoms with E-state index in [0.717, 1.165) is 11.9 Å². The molecule has 2 heterocycles. The lowest BCUT2D eigenvalue weighted by Gasteiger charge is -2.53. The monoisotopic (exact) mass is 397 g/mol. The lowest BCUT2D eigenvalue weighted by atomic mass is 9.53. The molecule has 4 heteroatoms. The average molecular weight is 398 g/mol. The van der Waals surface area contributed by atoms with Crippen molar-refractivity contribution < 1.29 is 4.79 Å².